The van der Waals surface area contributed by atoms with Crippen molar-refractivity contribution in [3.8, 4) is 0 Å². The zero-order valence-corrected chi connectivity index (χ0v) is 11.7. The van der Waals surface area contributed by atoms with E-state index in [2.05, 4.69) is 5.32 Å². The lowest BCUT2D eigenvalue weighted by molar-refractivity contribution is 0.0712. The van der Waals surface area contributed by atoms with Crippen LogP contribution in [0.2, 0.25) is 0 Å². The van der Waals surface area contributed by atoms with Gasteiger partial charge in [-0.25, -0.2) is 5.14 Å². The predicted octanol–water partition coefficient (Wildman–Crippen LogP) is 2.84. The van der Waals surface area contributed by atoms with Gasteiger partial charge in [0.15, 0.2) is 0 Å². The molecule has 0 aromatic heterocycles. The van der Waals surface area contributed by atoms with Crippen LogP contribution in [0.15, 0.2) is 29.2 Å². The van der Waals surface area contributed by atoms with E-state index < -0.39 is 17.0 Å². The third-order valence-electron chi connectivity index (χ3n) is 3.16. The topological polar surface area (TPSA) is 98.7 Å². The summed E-state index contributed by atoms with van der Waals surface area (Å²) in [7, 11) is -3.17. The van der Waals surface area contributed by atoms with Gasteiger partial charge in [-0.3, -0.25) is 9.11 Å². The van der Waals surface area contributed by atoms with E-state index in [0.717, 1.165) is 6.42 Å². The molecule has 1 rings (SSSR count). The van der Waals surface area contributed by atoms with Crippen molar-refractivity contribution in [3.63, 3.8) is 0 Å². The van der Waals surface area contributed by atoms with E-state index in [9.17, 15) is 14.2 Å². The van der Waals surface area contributed by atoms with Gasteiger partial charge in [-0.2, -0.15) is 0 Å². The van der Waals surface area contributed by atoms with Gasteiger partial charge in [0, 0.05) is 11.1 Å². The zero-order valence-electron chi connectivity index (χ0n) is 10.9. The summed E-state index contributed by atoms with van der Waals surface area (Å²) in [6, 6.07) is 6.38. The number of anilines is 1. The Balaban J connectivity index is 2.76. The van der Waals surface area contributed by atoms with Gasteiger partial charge in [0.1, 0.15) is 6.23 Å². The van der Waals surface area contributed by atoms with E-state index in [1.807, 2.05) is 20.8 Å². The predicted molar refractivity (Wildman–Crippen MR) is 75.4 cm³/mol. The van der Waals surface area contributed by atoms with Gasteiger partial charge in [-0.05, 0) is 30.7 Å². The minimum Gasteiger partial charge on any atom is -0.373 e. The minimum absolute atomic E-state index is 0.241. The van der Waals surface area contributed by atoms with E-state index in [1.54, 1.807) is 12.1 Å². The molecule has 0 radical (unpaired) electrons. The summed E-state index contributed by atoms with van der Waals surface area (Å²) in [5, 5.41) is 18.2. The molecule has 6 N–H and O–H groups in total. The normalized spacial score (nSPS) is 15.3. The minimum atomic E-state index is -3.17. The Labute approximate surface area is 110 Å². The van der Waals surface area contributed by atoms with Crippen LogP contribution in [0.4, 0.5) is 5.69 Å². The van der Waals surface area contributed by atoms with Gasteiger partial charge in [0.2, 0.25) is 0 Å². The summed E-state index contributed by atoms with van der Waals surface area (Å²) in [5.74, 6) is 0. The van der Waals surface area contributed by atoms with Crippen molar-refractivity contribution in [2.75, 3.05) is 5.32 Å². The van der Waals surface area contributed by atoms with Crippen molar-refractivity contribution in [2.45, 2.75) is 38.3 Å². The Hall–Kier alpha value is -0.790. The Morgan fingerprint density at radius 2 is 1.78 bits per heavy atom. The fraction of sp³-hybridized carbons (Fsp3) is 0.500. The molecular weight excluding hydrogens is 252 g/mol. The molecule has 18 heavy (non-hydrogen) atoms. The number of rotatable bonds is 5. The third-order valence-corrected chi connectivity index (χ3v) is 4.12. The average molecular weight is 274 g/mol. The van der Waals surface area contributed by atoms with Crippen LogP contribution < -0.4 is 10.5 Å². The molecule has 6 heteroatoms. The van der Waals surface area contributed by atoms with Crippen LogP contribution in [0, 0.1) is 5.41 Å². The number of aliphatic hydroxyl groups excluding tert-OH is 1. The van der Waals surface area contributed by atoms with Gasteiger partial charge in [0.25, 0.3) is 0 Å². The molecule has 0 amide bonds. The van der Waals surface area contributed by atoms with Crippen LogP contribution in [0.25, 0.3) is 0 Å². The number of hydrogen-bond acceptors (Lipinski definition) is 5. The summed E-state index contributed by atoms with van der Waals surface area (Å²) >= 11 is 0. The first-order valence-electron chi connectivity index (χ1n) is 5.77. The number of hydrogen-bond donors (Lipinski definition) is 5. The maximum atomic E-state index is 10.0. The first kappa shape index (κ1) is 15.3. The van der Waals surface area contributed by atoms with Gasteiger partial charge in [0.05, 0.1) is 4.90 Å². The molecular formula is C12H22N2O3S. The van der Waals surface area contributed by atoms with Crippen LogP contribution in [-0.4, -0.2) is 20.4 Å². The van der Waals surface area contributed by atoms with E-state index in [4.69, 9.17) is 5.14 Å². The van der Waals surface area contributed by atoms with E-state index in [1.165, 1.54) is 12.1 Å². The van der Waals surface area contributed by atoms with Crippen molar-refractivity contribution in [1.82, 2.24) is 0 Å². The molecule has 0 saturated carbocycles. The number of nitrogens with two attached hydrogens (primary N) is 1. The quantitative estimate of drug-likeness (QED) is 0.532. The molecule has 5 nitrogen and oxygen atoms in total. The van der Waals surface area contributed by atoms with Gasteiger partial charge >= 0.3 is 0 Å². The maximum absolute atomic E-state index is 10.0. The third kappa shape index (κ3) is 3.86. The summed E-state index contributed by atoms with van der Waals surface area (Å²) < 4.78 is 18.6. The summed E-state index contributed by atoms with van der Waals surface area (Å²) in [6.45, 7) is 5.95. The van der Waals surface area contributed by atoms with E-state index in [-0.39, 0.29) is 10.3 Å². The largest absolute Gasteiger partial charge is 0.373 e. The van der Waals surface area contributed by atoms with Crippen LogP contribution in [0.1, 0.15) is 27.2 Å². The maximum Gasteiger partial charge on any atom is 0.129 e. The Morgan fingerprint density at radius 3 is 2.17 bits per heavy atom. The first-order chi connectivity index (χ1) is 8.16. The molecule has 1 aromatic carbocycles. The first-order valence-corrected chi connectivity index (χ1v) is 7.38. The van der Waals surface area contributed by atoms with Crippen molar-refractivity contribution in [2.24, 2.45) is 10.6 Å². The van der Waals surface area contributed by atoms with Crippen LogP contribution in [0.5, 0.6) is 0 Å². The molecule has 0 aliphatic rings. The second-order valence-corrected chi connectivity index (χ2v) is 6.66. The highest BCUT2D eigenvalue weighted by Crippen LogP contribution is 2.40. The summed E-state index contributed by atoms with van der Waals surface area (Å²) in [4.78, 5) is 0.275. The molecule has 1 aromatic rings. The second-order valence-electron chi connectivity index (χ2n) is 5.01. The number of nitrogens with one attached hydrogen (secondary N) is 1. The lowest BCUT2D eigenvalue weighted by Gasteiger charge is -2.31. The van der Waals surface area contributed by atoms with E-state index >= 15 is 0 Å². The van der Waals surface area contributed by atoms with Gasteiger partial charge in [-0.15, -0.1) is 10.8 Å². The lowest BCUT2D eigenvalue weighted by atomic mass is 9.88. The fourth-order valence-electron chi connectivity index (χ4n) is 1.30. The molecule has 0 saturated heterocycles. The Kier molecular flexibility index (Phi) is 4.63. The Bertz CT molecular complexity index is 387. The molecule has 0 fully saturated rings. The SMILES string of the molecule is CCC(C)(C)C(O)Nc1ccc(S(N)(O)O)cc1. The molecule has 0 aliphatic heterocycles. The van der Waals surface area contributed by atoms with Gasteiger partial charge < -0.3 is 10.4 Å². The summed E-state index contributed by atoms with van der Waals surface area (Å²) in [6.07, 6.45) is 0.161. The van der Waals surface area contributed by atoms with Crippen molar-refractivity contribution in [3.05, 3.63) is 24.3 Å². The molecule has 0 aliphatic carbocycles. The van der Waals surface area contributed by atoms with Crippen LogP contribution in [-0.2, 0) is 0 Å². The lowest BCUT2D eigenvalue weighted by Crippen LogP contribution is -2.35. The van der Waals surface area contributed by atoms with Crippen molar-refractivity contribution in [1.29, 1.82) is 0 Å². The Morgan fingerprint density at radius 1 is 1.28 bits per heavy atom. The highest BCUT2D eigenvalue weighted by Gasteiger charge is 2.25. The highest BCUT2D eigenvalue weighted by atomic mass is 32.3. The zero-order chi connectivity index (χ0) is 14.0. The molecule has 1 unspecified atom stereocenters. The molecule has 0 heterocycles. The van der Waals surface area contributed by atoms with Crippen LogP contribution in [0.3, 0.4) is 0 Å². The standard InChI is InChI=1S/C12H22N2O3S/c1-4-12(2,3)11(15)14-9-5-7-10(8-6-9)18(13,16)17/h5-8,11,14-17H,4,13H2,1-3H3. The van der Waals surface area contributed by atoms with Crippen molar-refractivity contribution >= 4 is 16.5 Å². The highest BCUT2D eigenvalue weighted by molar-refractivity contribution is 8.22. The average Bonchev–Trinajstić information content (AvgIpc) is 2.28. The second kappa shape index (κ2) is 5.46. The van der Waals surface area contributed by atoms with Crippen LogP contribution >= 0.6 is 10.8 Å². The summed E-state index contributed by atoms with van der Waals surface area (Å²) in [5.41, 5.74) is 0.464. The number of aliphatic hydroxyl groups is 1. The van der Waals surface area contributed by atoms with Gasteiger partial charge in [-0.1, -0.05) is 20.8 Å². The fourth-order valence-corrected chi connectivity index (χ4v) is 1.83. The van der Waals surface area contributed by atoms with E-state index in [0.29, 0.717) is 5.69 Å². The van der Waals surface area contributed by atoms with Crippen molar-refractivity contribution < 1.29 is 14.2 Å². The molecule has 0 spiro atoms. The smallest absolute Gasteiger partial charge is 0.129 e. The molecule has 1 atom stereocenters. The number of benzene rings is 1. The molecule has 0 bridgehead atoms. The molecule has 104 valence electrons. The monoisotopic (exact) mass is 274 g/mol.